The van der Waals surface area contributed by atoms with Gasteiger partial charge in [-0.05, 0) is 74.5 Å². The van der Waals surface area contributed by atoms with Gasteiger partial charge in [-0.2, -0.15) is 5.26 Å². The van der Waals surface area contributed by atoms with Crippen molar-refractivity contribution in [2.75, 3.05) is 12.3 Å². The Labute approximate surface area is 172 Å². The van der Waals surface area contributed by atoms with Crippen molar-refractivity contribution in [1.82, 2.24) is 9.71 Å². The van der Waals surface area contributed by atoms with Gasteiger partial charge in [-0.1, -0.05) is 6.07 Å². The van der Waals surface area contributed by atoms with Gasteiger partial charge < -0.3 is 0 Å². The number of fused-ring (bicyclic) bond motifs is 1. The smallest absolute Gasteiger partial charge is 0.137 e. The van der Waals surface area contributed by atoms with Crippen molar-refractivity contribution in [3.05, 3.63) is 28.0 Å². The second-order valence-corrected chi connectivity index (χ2v) is 14.0. The van der Waals surface area contributed by atoms with Crippen LogP contribution in [0, 0.1) is 11.3 Å². The Hall–Kier alpha value is -0.820. The molecule has 1 N–H and O–H groups in total. The standard InChI is InChI=1S/C18H25BrN4O2S2/c1-16(2,3)26(24)23-18(10-13-6-7-14(19)22-15(13)18)12-27(25)17(4,11-20)8-5-9-21-27/h6-7,23H,5,8-10,12H2,1-4H3/t17-,18+,26?,27?/m1/s1. The number of hydrogen-bond donors (Lipinski definition) is 1. The molecule has 0 bridgehead atoms. The van der Waals surface area contributed by atoms with E-state index < -0.39 is 35.7 Å². The quantitative estimate of drug-likeness (QED) is 0.680. The number of halogens is 1. The fourth-order valence-corrected chi connectivity index (χ4v) is 7.49. The molecule has 27 heavy (non-hydrogen) atoms. The van der Waals surface area contributed by atoms with Gasteiger partial charge in [-0.25, -0.2) is 22.5 Å². The summed E-state index contributed by atoms with van der Waals surface area (Å²) in [6.07, 6.45) is 1.89. The van der Waals surface area contributed by atoms with E-state index in [1.165, 1.54) is 0 Å². The number of hydrogen-bond acceptors (Lipinski definition) is 5. The number of rotatable bonds is 4. The Balaban J connectivity index is 2.08. The third-order valence-electron chi connectivity index (χ3n) is 5.23. The van der Waals surface area contributed by atoms with Crippen molar-refractivity contribution in [1.29, 1.82) is 5.26 Å². The maximum Gasteiger partial charge on any atom is 0.137 e. The van der Waals surface area contributed by atoms with Crippen LogP contribution in [-0.4, -0.2) is 35.2 Å². The van der Waals surface area contributed by atoms with E-state index >= 15 is 0 Å². The molecule has 1 aliphatic carbocycles. The molecule has 1 aromatic heterocycles. The number of aromatic nitrogens is 1. The molecule has 1 aliphatic heterocycles. The van der Waals surface area contributed by atoms with Crippen molar-refractivity contribution in [3.8, 4) is 6.07 Å². The van der Waals surface area contributed by atoms with Crippen LogP contribution in [0.1, 0.15) is 51.8 Å². The lowest BCUT2D eigenvalue weighted by molar-refractivity contribution is 0.368. The third kappa shape index (κ3) is 3.61. The van der Waals surface area contributed by atoms with E-state index in [1.54, 1.807) is 6.92 Å². The summed E-state index contributed by atoms with van der Waals surface area (Å²) < 4.78 is 33.6. The average Bonchev–Trinajstić information content (AvgIpc) is 2.57. The van der Waals surface area contributed by atoms with Crippen LogP contribution in [0.15, 0.2) is 21.1 Å². The van der Waals surface area contributed by atoms with Crippen molar-refractivity contribution in [2.24, 2.45) is 4.36 Å². The Morgan fingerprint density at radius 2 is 2.15 bits per heavy atom. The molecule has 0 spiro atoms. The first-order chi connectivity index (χ1) is 12.4. The van der Waals surface area contributed by atoms with Gasteiger partial charge in [0.15, 0.2) is 0 Å². The van der Waals surface area contributed by atoms with Crippen molar-refractivity contribution < 1.29 is 8.42 Å². The average molecular weight is 473 g/mol. The fraction of sp³-hybridized carbons (Fsp3) is 0.667. The summed E-state index contributed by atoms with van der Waals surface area (Å²) in [6.45, 7) is 7.90. The van der Waals surface area contributed by atoms with Gasteiger partial charge in [-0.15, -0.1) is 0 Å². The molecule has 0 radical (unpaired) electrons. The van der Waals surface area contributed by atoms with E-state index in [4.69, 9.17) is 0 Å². The molecule has 2 unspecified atom stereocenters. The van der Waals surface area contributed by atoms with Crippen LogP contribution < -0.4 is 4.72 Å². The summed E-state index contributed by atoms with van der Waals surface area (Å²) in [4.78, 5) is 4.59. The minimum absolute atomic E-state index is 0.141. The molecule has 0 aromatic carbocycles. The minimum Gasteiger partial charge on any atom is -0.248 e. The molecule has 0 fully saturated rings. The predicted octanol–water partition coefficient (Wildman–Crippen LogP) is 3.19. The van der Waals surface area contributed by atoms with E-state index in [-0.39, 0.29) is 5.75 Å². The van der Waals surface area contributed by atoms with Crippen LogP contribution in [0.4, 0.5) is 0 Å². The predicted molar refractivity (Wildman–Crippen MR) is 112 cm³/mol. The van der Waals surface area contributed by atoms with Crippen molar-refractivity contribution in [3.63, 3.8) is 0 Å². The molecule has 2 heterocycles. The summed E-state index contributed by atoms with van der Waals surface area (Å²) in [5.41, 5.74) is 0.972. The molecule has 148 valence electrons. The number of nitriles is 1. The van der Waals surface area contributed by atoms with Crippen LogP contribution in [0.5, 0.6) is 0 Å². The van der Waals surface area contributed by atoms with E-state index in [1.807, 2.05) is 32.9 Å². The van der Waals surface area contributed by atoms with Crippen LogP contribution in [0.3, 0.4) is 0 Å². The molecule has 6 nitrogen and oxygen atoms in total. The minimum atomic E-state index is -2.83. The number of pyridine rings is 1. The van der Waals surface area contributed by atoms with E-state index in [0.29, 0.717) is 24.0 Å². The van der Waals surface area contributed by atoms with Gasteiger partial charge in [0.2, 0.25) is 0 Å². The molecule has 0 amide bonds. The first-order valence-electron chi connectivity index (χ1n) is 8.92. The van der Waals surface area contributed by atoms with Crippen LogP contribution in [0.25, 0.3) is 0 Å². The van der Waals surface area contributed by atoms with Crippen LogP contribution >= 0.6 is 15.9 Å². The molecule has 1 aromatic rings. The SMILES string of the molecule is CC(C)(C)S(=O)N[C@]1(CS2(=O)=NCCC[C@]2(C)C#N)Cc2ccc(Br)nc21. The Morgan fingerprint density at radius 3 is 2.78 bits per heavy atom. The maximum atomic E-state index is 13.9. The number of nitrogens with one attached hydrogen (secondary N) is 1. The summed E-state index contributed by atoms with van der Waals surface area (Å²) >= 11 is 3.40. The Morgan fingerprint density at radius 1 is 1.44 bits per heavy atom. The Kier molecular flexibility index (Phi) is 5.34. The Bertz CT molecular complexity index is 959. The highest BCUT2D eigenvalue weighted by Crippen LogP contribution is 2.44. The van der Waals surface area contributed by atoms with Gasteiger partial charge in [0, 0.05) is 6.54 Å². The normalized spacial score (nSPS) is 33.9. The second kappa shape index (κ2) is 6.90. The lowest BCUT2D eigenvalue weighted by atomic mass is 9.76. The van der Waals surface area contributed by atoms with E-state index in [0.717, 1.165) is 17.7 Å². The molecule has 3 rings (SSSR count). The highest BCUT2D eigenvalue weighted by molar-refractivity contribution is 9.10. The van der Waals surface area contributed by atoms with Gasteiger partial charge in [0.1, 0.15) is 9.35 Å². The first-order valence-corrected chi connectivity index (χ1v) is 12.5. The third-order valence-corrected chi connectivity index (χ3v) is 10.5. The zero-order valence-electron chi connectivity index (χ0n) is 16.0. The molecule has 0 saturated heterocycles. The number of nitrogens with zero attached hydrogens (tertiary/aromatic N) is 3. The second-order valence-electron chi connectivity index (χ2n) is 8.47. The lowest BCUT2D eigenvalue weighted by Crippen LogP contribution is -2.60. The summed E-state index contributed by atoms with van der Waals surface area (Å²) in [7, 11) is -4.21. The highest BCUT2D eigenvalue weighted by Gasteiger charge is 2.53. The lowest BCUT2D eigenvalue weighted by Gasteiger charge is -2.46. The first kappa shape index (κ1) is 20.9. The monoisotopic (exact) mass is 472 g/mol. The topological polar surface area (TPSA) is 95.2 Å². The molecular weight excluding hydrogens is 448 g/mol. The van der Waals surface area contributed by atoms with Crippen molar-refractivity contribution >= 4 is 36.6 Å². The van der Waals surface area contributed by atoms with Crippen LogP contribution in [-0.2, 0) is 32.7 Å². The fourth-order valence-electron chi connectivity index (χ4n) is 3.48. The largest absolute Gasteiger partial charge is 0.248 e. The molecular formula is C18H25BrN4O2S2. The molecule has 2 aliphatic rings. The molecule has 4 atom stereocenters. The van der Waals surface area contributed by atoms with Gasteiger partial charge >= 0.3 is 0 Å². The highest BCUT2D eigenvalue weighted by atomic mass is 79.9. The maximum absolute atomic E-state index is 13.9. The molecule has 0 saturated carbocycles. The zero-order chi connectivity index (χ0) is 20.1. The van der Waals surface area contributed by atoms with Crippen LogP contribution in [0.2, 0.25) is 0 Å². The summed E-state index contributed by atoms with van der Waals surface area (Å²) in [5, 5.41) is 9.73. The van der Waals surface area contributed by atoms with Gasteiger partial charge in [0.25, 0.3) is 0 Å². The molecule has 9 heteroatoms. The van der Waals surface area contributed by atoms with Gasteiger partial charge in [-0.3, -0.25) is 0 Å². The van der Waals surface area contributed by atoms with E-state index in [2.05, 4.69) is 36.1 Å². The van der Waals surface area contributed by atoms with E-state index in [9.17, 15) is 13.7 Å². The van der Waals surface area contributed by atoms with Gasteiger partial charge in [0.05, 0.1) is 48.5 Å². The summed E-state index contributed by atoms with van der Waals surface area (Å²) in [6, 6.07) is 6.10. The van der Waals surface area contributed by atoms with Crippen molar-refractivity contribution in [2.45, 2.75) is 62.0 Å². The zero-order valence-corrected chi connectivity index (χ0v) is 19.3. The summed E-state index contributed by atoms with van der Waals surface area (Å²) in [5.74, 6) is 0.141.